The third-order valence-corrected chi connectivity index (χ3v) is 3.31. The smallest absolute Gasteiger partial charge is 0.407 e. The first kappa shape index (κ1) is 16.8. The van der Waals surface area contributed by atoms with E-state index >= 15 is 0 Å². The number of ether oxygens (including phenoxy) is 1. The van der Waals surface area contributed by atoms with Crippen molar-refractivity contribution in [2.45, 2.75) is 45.6 Å². The van der Waals surface area contributed by atoms with E-state index in [9.17, 15) is 4.79 Å². The van der Waals surface area contributed by atoms with E-state index in [0.717, 1.165) is 10.0 Å². The van der Waals surface area contributed by atoms with E-state index in [-0.39, 0.29) is 5.41 Å². The molecule has 0 aliphatic heterocycles. The molecule has 1 amide bonds. The zero-order chi connectivity index (χ0) is 15.6. The molecule has 1 aromatic rings. The molecular weight excluding hydrogens is 320 g/mol. The molecule has 1 aromatic carbocycles. The van der Waals surface area contributed by atoms with Gasteiger partial charge in [-0.05, 0) is 38.5 Å². The van der Waals surface area contributed by atoms with Crippen LogP contribution in [0.2, 0.25) is 0 Å². The van der Waals surface area contributed by atoms with Crippen molar-refractivity contribution in [1.29, 1.82) is 0 Å². The van der Waals surface area contributed by atoms with Crippen LogP contribution in [0.25, 0.3) is 0 Å². The molecule has 0 bridgehead atoms. The molecule has 112 valence electrons. The second kappa shape index (κ2) is 6.04. The molecule has 0 radical (unpaired) electrons. The summed E-state index contributed by atoms with van der Waals surface area (Å²) in [5.74, 6) is 0. The summed E-state index contributed by atoms with van der Waals surface area (Å²) in [6.45, 7) is 10.0. The van der Waals surface area contributed by atoms with Gasteiger partial charge in [-0.1, -0.05) is 35.8 Å². The minimum atomic E-state index is -0.495. The second-order valence-corrected chi connectivity index (χ2v) is 7.39. The number of benzene rings is 1. The van der Waals surface area contributed by atoms with Gasteiger partial charge in [-0.25, -0.2) is 4.79 Å². The van der Waals surface area contributed by atoms with E-state index in [1.807, 2.05) is 52.8 Å². The maximum Gasteiger partial charge on any atom is 0.407 e. The molecule has 0 unspecified atom stereocenters. The van der Waals surface area contributed by atoms with Crippen molar-refractivity contribution in [2.75, 3.05) is 12.3 Å². The first-order valence-corrected chi connectivity index (χ1v) is 7.33. The predicted octanol–water partition coefficient (Wildman–Crippen LogP) is 3.83. The monoisotopic (exact) mass is 342 g/mol. The van der Waals surface area contributed by atoms with Crippen LogP contribution in [0.15, 0.2) is 22.7 Å². The SMILES string of the molecule is CC(C)(C)OC(=O)NCC(C)(C)c1ccc(Br)cc1N. The Balaban J connectivity index is 2.72. The number of hydrogen-bond acceptors (Lipinski definition) is 3. The van der Waals surface area contributed by atoms with Gasteiger partial charge in [0.2, 0.25) is 0 Å². The van der Waals surface area contributed by atoms with Crippen LogP contribution in [-0.2, 0) is 10.2 Å². The highest BCUT2D eigenvalue weighted by Crippen LogP contribution is 2.30. The lowest BCUT2D eigenvalue weighted by molar-refractivity contribution is 0.0517. The van der Waals surface area contributed by atoms with E-state index < -0.39 is 11.7 Å². The van der Waals surface area contributed by atoms with Crippen LogP contribution in [0, 0.1) is 0 Å². The van der Waals surface area contributed by atoms with E-state index in [1.165, 1.54) is 0 Å². The van der Waals surface area contributed by atoms with Gasteiger partial charge in [0.05, 0.1) is 0 Å². The molecule has 0 heterocycles. The highest BCUT2D eigenvalue weighted by molar-refractivity contribution is 9.10. The third-order valence-electron chi connectivity index (χ3n) is 2.82. The summed E-state index contributed by atoms with van der Waals surface area (Å²) in [5, 5.41) is 2.79. The first-order chi connectivity index (χ1) is 9.01. The summed E-state index contributed by atoms with van der Waals surface area (Å²) in [7, 11) is 0. The van der Waals surface area contributed by atoms with Gasteiger partial charge in [0.15, 0.2) is 0 Å². The average molecular weight is 343 g/mol. The fourth-order valence-electron chi connectivity index (χ4n) is 1.85. The average Bonchev–Trinajstić information content (AvgIpc) is 2.23. The molecule has 0 saturated carbocycles. The van der Waals surface area contributed by atoms with Crippen molar-refractivity contribution < 1.29 is 9.53 Å². The minimum Gasteiger partial charge on any atom is -0.444 e. The topological polar surface area (TPSA) is 64.3 Å². The molecule has 0 aliphatic carbocycles. The minimum absolute atomic E-state index is 0.276. The second-order valence-electron chi connectivity index (χ2n) is 6.47. The van der Waals surface area contributed by atoms with Gasteiger partial charge < -0.3 is 15.8 Å². The van der Waals surface area contributed by atoms with Crippen molar-refractivity contribution in [3.05, 3.63) is 28.2 Å². The number of rotatable bonds is 3. The lowest BCUT2D eigenvalue weighted by Gasteiger charge is -2.28. The first-order valence-electron chi connectivity index (χ1n) is 6.54. The summed E-state index contributed by atoms with van der Waals surface area (Å²) >= 11 is 3.39. The lowest BCUT2D eigenvalue weighted by atomic mass is 9.83. The third kappa shape index (κ3) is 5.04. The Morgan fingerprint density at radius 2 is 1.90 bits per heavy atom. The molecule has 0 saturated heterocycles. The number of alkyl carbamates (subject to hydrolysis) is 1. The van der Waals surface area contributed by atoms with Crippen molar-refractivity contribution >= 4 is 27.7 Å². The Hall–Kier alpha value is -1.23. The zero-order valence-electron chi connectivity index (χ0n) is 12.7. The van der Waals surface area contributed by atoms with Crippen LogP contribution in [-0.4, -0.2) is 18.2 Å². The summed E-state index contributed by atoms with van der Waals surface area (Å²) in [6.07, 6.45) is -0.416. The summed E-state index contributed by atoms with van der Waals surface area (Å²) in [4.78, 5) is 11.7. The van der Waals surface area contributed by atoms with Crippen LogP contribution in [0.1, 0.15) is 40.2 Å². The Kier molecular flexibility index (Phi) is 5.08. The van der Waals surface area contributed by atoms with Gasteiger partial charge in [0.25, 0.3) is 0 Å². The summed E-state index contributed by atoms with van der Waals surface area (Å²) in [5.41, 5.74) is 6.97. The number of anilines is 1. The van der Waals surface area contributed by atoms with Crippen molar-refractivity contribution in [3.8, 4) is 0 Å². The van der Waals surface area contributed by atoms with Gasteiger partial charge in [0, 0.05) is 22.1 Å². The van der Waals surface area contributed by atoms with Crippen molar-refractivity contribution in [1.82, 2.24) is 5.32 Å². The molecule has 0 atom stereocenters. The largest absolute Gasteiger partial charge is 0.444 e. The van der Waals surface area contributed by atoms with Gasteiger partial charge in [-0.2, -0.15) is 0 Å². The molecule has 0 aliphatic rings. The summed E-state index contributed by atoms with van der Waals surface area (Å²) < 4.78 is 6.17. The van der Waals surface area contributed by atoms with Crippen LogP contribution < -0.4 is 11.1 Å². The van der Waals surface area contributed by atoms with Gasteiger partial charge in [-0.15, -0.1) is 0 Å². The standard InChI is InChI=1S/C15H23BrN2O2/c1-14(2,3)20-13(19)18-9-15(4,5)11-7-6-10(16)8-12(11)17/h6-8H,9,17H2,1-5H3,(H,18,19). The number of nitrogens with two attached hydrogens (primary N) is 1. The van der Waals surface area contributed by atoms with Crippen LogP contribution in [0.3, 0.4) is 0 Å². The fraction of sp³-hybridized carbons (Fsp3) is 0.533. The Bertz CT molecular complexity index is 493. The van der Waals surface area contributed by atoms with E-state index in [1.54, 1.807) is 0 Å². The molecule has 1 rings (SSSR count). The Labute approximate surface area is 129 Å². The normalized spacial score (nSPS) is 12.1. The zero-order valence-corrected chi connectivity index (χ0v) is 14.3. The van der Waals surface area contributed by atoms with Gasteiger partial charge in [0.1, 0.15) is 5.60 Å². The predicted molar refractivity (Wildman–Crippen MR) is 85.8 cm³/mol. The number of hydrogen-bond donors (Lipinski definition) is 2. The van der Waals surface area contributed by atoms with Crippen LogP contribution >= 0.6 is 15.9 Å². The van der Waals surface area contributed by atoms with Crippen LogP contribution in [0.5, 0.6) is 0 Å². The molecule has 0 fully saturated rings. The van der Waals surface area contributed by atoms with Gasteiger partial charge in [-0.3, -0.25) is 0 Å². The quantitative estimate of drug-likeness (QED) is 0.820. The maximum absolute atomic E-state index is 11.7. The summed E-state index contributed by atoms with van der Waals surface area (Å²) in [6, 6.07) is 5.78. The molecule has 5 heteroatoms. The number of carbonyl (C=O) groups is 1. The maximum atomic E-state index is 11.7. The number of amides is 1. The molecule has 0 aromatic heterocycles. The number of carbonyl (C=O) groups excluding carboxylic acids is 1. The number of nitrogen functional groups attached to an aromatic ring is 1. The van der Waals surface area contributed by atoms with Crippen molar-refractivity contribution in [2.24, 2.45) is 0 Å². The fourth-order valence-corrected chi connectivity index (χ4v) is 2.23. The molecular formula is C15H23BrN2O2. The highest BCUT2D eigenvalue weighted by Gasteiger charge is 2.25. The van der Waals surface area contributed by atoms with Crippen molar-refractivity contribution in [3.63, 3.8) is 0 Å². The lowest BCUT2D eigenvalue weighted by Crippen LogP contribution is -2.40. The van der Waals surface area contributed by atoms with Gasteiger partial charge >= 0.3 is 6.09 Å². The highest BCUT2D eigenvalue weighted by atomic mass is 79.9. The van der Waals surface area contributed by atoms with E-state index in [2.05, 4.69) is 21.2 Å². The van der Waals surface area contributed by atoms with Crippen LogP contribution in [0.4, 0.5) is 10.5 Å². The number of nitrogens with one attached hydrogen (secondary N) is 1. The Morgan fingerprint density at radius 3 is 2.40 bits per heavy atom. The molecule has 0 spiro atoms. The van der Waals surface area contributed by atoms with E-state index in [0.29, 0.717) is 12.2 Å². The Morgan fingerprint density at radius 1 is 1.30 bits per heavy atom. The molecule has 3 N–H and O–H groups in total. The molecule has 20 heavy (non-hydrogen) atoms. The molecule has 4 nitrogen and oxygen atoms in total. The van der Waals surface area contributed by atoms with E-state index in [4.69, 9.17) is 10.5 Å². The number of halogens is 1.